The van der Waals surface area contributed by atoms with E-state index in [1.54, 1.807) is 0 Å². The highest BCUT2D eigenvalue weighted by Crippen LogP contribution is 2.46. The lowest BCUT2D eigenvalue weighted by Gasteiger charge is -2.14. The second kappa shape index (κ2) is 11.5. The topological polar surface area (TPSA) is 126 Å². The van der Waals surface area contributed by atoms with Crippen LogP contribution < -0.4 is 19.5 Å². The van der Waals surface area contributed by atoms with Crippen molar-refractivity contribution in [1.29, 1.82) is 0 Å². The predicted octanol–water partition coefficient (Wildman–Crippen LogP) is 2.83. The molecule has 0 saturated heterocycles. The van der Waals surface area contributed by atoms with E-state index in [2.05, 4.69) is 5.32 Å². The van der Waals surface area contributed by atoms with Gasteiger partial charge in [-0.25, -0.2) is 4.79 Å². The van der Waals surface area contributed by atoms with Crippen molar-refractivity contribution >= 4 is 17.6 Å². The molecule has 172 valence electrons. The number of ether oxygens (including phenoxy) is 4. The lowest BCUT2D eigenvalue weighted by Crippen LogP contribution is -2.28. The van der Waals surface area contributed by atoms with Crippen molar-refractivity contribution in [3.8, 4) is 17.2 Å². The first-order chi connectivity index (χ1) is 15.3. The maximum absolute atomic E-state index is 12.5. The smallest absolute Gasteiger partial charge is 0.345 e. The SMILES string of the molecule is COc1cc(C(=O)OCCNC(=O)CCc2ccc(C)cc2)c([N+](=O)[O-])c(OC)c1OC. The van der Waals surface area contributed by atoms with Crippen molar-refractivity contribution in [3.05, 3.63) is 57.1 Å². The van der Waals surface area contributed by atoms with Crippen LogP contribution in [0.5, 0.6) is 17.2 Å². The fourth-order valence-electron chi connectivity index (χ4n) is 2.99. The molecule has 2 aromatic rings. The van der Waals surface area contributed by atoms with Crippen LogP contribution in [-0.2, 0) is 16.0 Å². The van der Waals surface area contributed by atoms with E-state index in [4.69, 9.17) is 18.9 Å². The van der Waals surface area contributed by atoms with Crippen LogP contribution in [0.25, 0.3) is 0 Å². The van der Waals surface area contributed by atoms with Crippen LogP contribution in [0.15, 0.2) is 30.3 Å². The molecule has 0 aliphatic heterocycles. The zero-order chi connectivity index (χ0) is 23.7. The molecule has 0 spiro atoms. The summed E-state index contributed by atoms with van der Waals surface area (Å²) in [5.41, 5.74) is 1.24. The monoisotopic (exact) mass is 446 g/mol. The molecule has 0 aliphatic rings. The van der Waals surface area contributed by atoms with E-state index in [-0.39, 0.29) is 48.3 Å². The summed E-state index contributed by atoms with van der Waals surface area (Å²) >= 11 is 0. The van der Waals surface area contributed by atoms with Crippen molar-refractivity contribution < 1.29 is 33.5 Å². The van der Waals surface area contributed by atoms with Crippen LogP contribution in [0.3, 0.4) is 0 Å². The number of rotatable bonds is 11. The Labute approximate surface area is 185 Å². The highest BCUT2D eigenvalue weighted by atomic mass is 16.6. The minimum atomic E-state index is -0.954. The predicted molar refractivity (Wildman–Crippen MR) is 116 cm³/mol. The van der Waals surface area contributed by atoms with Crippen molar-refractivity contribution in [3.63, 3.8) is 0 Å². The Morgan fingerprint density at radius 2 is 1.69 bits per heavy atom. The van der Waals surface area contributed by atoms with Crippen molar-refractivity contribution in [1.82, 2.24) is 5.32 Å². The van der Waals surface area contributed by atoms with Gasteiger partial charge in [0.1, 0.15) is 12.2 Å². The fraction of sp³-hybridized carbons (Fsp3) is 0.364. The third kappa shape index (κ3) is 6.10. The normalized spacial score (nSPS) is 10.2. The minimum Gasteiger partial charge on any atom is -0.493 e. The van der Waals surface area contributed by atoms with Crippen molar-refractivity contribution in [2.45, 2.75) is 19.8 Å². The van der Waals surface area contributed by atoms with E-state index < -0.39 is 16.6 Å². The molecule has 0 saturated carbocycles. The van der Waals surface area contributed by atoms with E-state index in [9.17, 15) is 19.7 Å². The summed E-state index contributed by atoms with van der Waals surface area (Å²) in [4.78, 5) is 35.3. The Kier molecular flexibility index (Phi) is 8.82. The minimum absolute atomic E-state index is 0.0147. The van der Waals surface area contributed by atoms with E-state index >= 15 is 0 Å². The first kappa shape index (κ1) is 24.4. The summed E-state index contributed by atoms with van der Waals surface area (Å²) in [7, 11) is 3.83. The number of carbonyl (C=O) groups is 2. The molecule has 0 heterocycles. The van der Waals surface area contributed by atoms with Crippen molar-refractivity contribution in [2.24, 2.45) is 0 Å². The van der Waals surface area contributed by atoms with Gasteiger partial charge in [-0.2, -0.15) is 0 Å². The number of nitrogens with one attached hydrogen (secondary N) is 1. The van der Waals surface area contributed by atoms with E-state index in [0.717, 1.165) is 17.2 Å². The molecule has 1 N–H and O–H groups in total. The number of amides is 1. The summed E-state index contributed by atoms with van der Waals surface area (Å²) in [5, 5.41) is 14.2. The van der Waals surface area contributed by atoms with Gasteiger partial charge in [-0.15, -0.1) is 0 Å². The van der Waals surface area contributed by atoms with Crippen LogP contribution in [0.4, 0.5) is 5.69 Å². The number of methoxy groups -OCH3 is 3. The number of carbonyl (C=O) groups excluding carboxylic acids is 2. The first-order valence-corrected chi connectivity index (χ1v) is 9.79. The van der Waals surface area contributed by atoms with E-state index in [0.29, 0.717) is 6.42 Å². The number of hydrogen-bond acceptors (Lipinski definition) is 8. The fourth-order valence-corrected chi connectivity index (χ4v) is 2.99. The zero-order valence-electron chi connectivity index (χ0n) is 18.4. The third-order valence-electron chi connectivity index (χ3n) is 4.63. The van der Waals surface area contributed by atoms with E-state index in [1.807, 2.05) is 31.2 Å². The first-order valence-electron chi connectivity index (χ1n) is 9.79. The van der Waals surface area contributed by atoms with Gasteiger partial charge in [-0.1, -0.05) is 29.8 Å². The highest BCUT2D eigenvalue weighted by molar-refractivity contribution is 5.97. The highest BCUT2D eigenvalue weighted by Gasteiger charge is 2.33. The number of nitro groups is 1. The molecule has 32 heavy (non-hydrogen) atoms. The van der Waals surface area contributed by atoms with Gasteiger partial charge < -0.3 is 24.3 Å². The lowest BCUT2D eigenvalue weighted by molar-refractivity contribution is -0.386. The summed E-state index contributed by atoms with van der Waals surface area (Å²) < 4.78 is 20.4. The average molecular weight is 446 g/mol. The molecular formula is C22H26N2O8. The maximum Gasteiger partial charge on any atom is 0.345 e. The summed E-state index contributed by atoms with van der Waals surface area (Å²) in [6, 6.07) is 9.05. The quantitative estimate of drug-likeness (QED) is 0.242. The third-order valence-corrected chi connectivity index (χ3v) is 4.63. The largest absolute Gasteiger partial charge is 0.493 e. The molecule has 0 bridgehead atoms. The van der Waals surface area contributed by atoms with Gasteiger partial charge in [0, 0.05) is 12.5 Å². The van der Waals surface area contributed by atoms with Gasteiger partial charge in [-0.3, -0.25) is 14.9 Å². The number of nitro benzene ring substituents is 1. The van der Waals surface area contributed by atoms with Crippen molar-refractivity contribution in [2.75, 3.05) is 34.5 Å². The van der Waals surface area contributed by atoms with Crippen LogP contribution in [0, 0.1) is 17.0 Å². The summed E-state index contributed by atoms with van der Waals surface area (Å²) in [6.07, 6.45) is 0.874. The van der Waals surface area contributed by atoms with Gasteiger partial charge >= 0.3 is 11.7 Å². The molecule has 10 nitrogen and oxygen atoms in total. The Morgan fingerprint density at radius 1 is 1.03 bits per heavy atom. The number of hydrogen-bond donors (Lipinski definition) is 1. The molecule has 0 unspecified atom stereocenters. The molecule has 0 radical (unpaired) electrons. The Morgan fingerprint density at radius 3 is 2.25 bits per heavy atom. The maximum atomic E-state index is 12.5. The Bertz CT molecular complexity index is 973. The number of nitrogens with zero attached hydrogens (tertiary/aromatic N) is 1. The lowest BCUT2D eigenvalue weighted by atomic mass is 10.1. The molecule has 0 fully saturated rings. The number of benzene rings is 2. The molecule has 2 aromatic carbocycles. The standard InChI is InChI=1S/C22H26N2O8/c1-14-5-7-15(8-6-14)9-10-18(25)23-11-12-32-22(26)16-13-17(29-2)20(30-3)21(31-4)19(16)24(27)28/h5-8,13H,9-12H2,1-4H3,(H,23,25). The molecule has 0 aromatic heterocycles. The molecule has 0 aliphatic carbocycles. The average Bonchev–Trinajstić information content (AvgIpc) is 2.79. The van der Waals surface area contributed by atoms with Gasteiger partial charge in [0.2, 0.25) is 17.4 Å². The Balaban J connectivity index is 1.96. The van der Waals surface area contributed by atoms with Gasteiger partial charge in [-0.05, 0) is 18.9 Å². The number of esters is 1. The molecule has 2 rings (SSSR count). The Hall–Kier alpha value is -3.82. The van der Waals surface area contributed by atoms with Crippen LogP contribution in [0.1, 0.15) is 27.9 Å². The van der Waals surface area contributed by atoms with Gasteiger partial charge in [0.05, 0.1) is 32.8 Å². The van der Waals surface area contributed by atoms with Crippen LogP contribution in [0.2, 0.25) is 0 Å². The number of aryl methyl sites for hydroxylation is 2. The van der Waals surface area contributed by atoms with Crippen LogP contribution >= 0.6 is 0 Å². The van der Waals surface area contributed by atoms with Gasteiger partial charge in [0.15, 0.2) is 5.75 Å². The summed E-state index contributed by atoms with van der Waals surface area (Å²) in [5.74, 6) is -1.34. The van der Waals surface area contributed by atoms with Gasteiger partial charge in [0.25, 0.3) is 0 Å². The molecular weight excluding hydrogens is 420 g/mol. The van der Waals surface area contributed by atoms with Crippen LogP contribution in [-0.4, -0.2) is 51.3 Å². The zero-order valence-corrected chi connectivity index (χ0v) is 18.4. The molecule has 10 heteroatoms. The molecule has 0 atom stereocenters. The second-order valence-electron chi connectivity index (χ2n) is 6.77. The second-order valence-corrected chi connectivity index (χ2v) is 6.77. The summed E-state index contributed by atoms with van der Waals surface area (Å²) in [6.45, 7) is 1.89. The van der Waals surface area contributed by atoms with E-state index in [1.165, 1.54) is 21.3 Å². The molecule has 1 amide bonds.